The number of carbonyl (C=O) groups is 1. The zero-order valence-electron chi connectivity index (χ0n) is 15.7. The lowest BCUT2D eigenvalue weighted by atomic mass is 10.1. The number of hydrogen-bond acceptors (Lipinski definition) is 6. The molecule has 0 aliphatic carbocycles. The van der Waals surface area contributed by atoms with Gasteiger partial charge >= 0.3 is 6.01 Å². The van der Waals surface area contributed by atoms with Crippen molar-refractivity contribution >= 4 is 11.9 Å². The maximum Gasteiger partial charge on any atom is 0.318 e. The fourth-order valence-electron chi connectivity index (χ4n) is 3.44. The van der Waals surface area contributed by atoms with Crippen LogP contribution in [0.25, 0.3) is 0 Å². The third kappa shape index (κ3) is 4.42. The van der Waals surface area contributed by atoms with Crippen molar-refractivity contribution in [3.63, 3.8) is 0 Å². The largest absolute Gasteiger partial charge is 0.459 e. The molecule has 1 fully saturated rings. The molecule has 4 rings (SSSR count). The molecule has 1 aliphatic heterocycles. The number of benzene rings is 1. The Balaban J connectivity index is 1.55. The Bertz CT molecular complexity index is 868. The lowest BCUT2D eigenvalue weighted by Gasteiger charge is -2.17. The van der Waals surface area contributed by atoms with Crippen LogP contribution in [0, 0.1) is 0 Å². The van der Waals surface area contributed by atoms with Gasteiger partial charge in [-0.2, -0.15) is 0 Å². The van der Waals surface area contributed by atoms with E-state index in [9.17, 15) is 4.79 Å². The number of anilines is 1. The highest BCUT2D eigenvalue weighted by atomic mass is 16.4. The SMILES string of the molecule is O=C(NC(Cc1ccccc1)c1nnc(N2CCCCCC2)o1)c1ccco1. The summed E-state index contributed by atoms with van der Waals surface area (Å²) >= 11 is 0. The quantitative estimate of drug-likeness (QED) is 0.701. The first-order valence-electron chi connectivity index (χ1n) is 9.76. The van der Waals surface area contributed by atoms with Crippen LogP contribution in [0.5, 0.6) is 0 Å². The molecule has 3 aromatic rings. The molecular formula is C21H24N4O3. The lowest BCUT2D eigenvalue weighted by Crippen LogP contribution is -2.30. The molecule has 1 aromatic carbocycles. The van der Waals surface area contributed by atoms with Gasteiger partial charge in [-0.25, -0.2) is 0 Å². The van der Waals surface area contributed by atoms with Crippen molar-refractivity contribution in [2.24, 2.45) is 0 Å². The predicted octanol–water partition coefficient (Wildman–Crippen LogP) is 3.76. The molecule has 1 amide bonds. The molecule has 2 aromatic heterocycles. The summed E-state index contributed by atoms with van der Waals surface area (Å²) in [5.74, 6) is 0.355. The molecule has 7 nitrogen and oxygen atoms in total. The number of furan rings is 1. The summed E-state index contributed by atoms with van der Waals surface area (Å²) in [5, 5.41) is 11.5. The first-order chi connectivity index (χ1) is 13.8. The molecule has 0 saturated carbocycles. The topological polar surface area (TPSA) is 84.4 Å². The summed E-state index contributed by atoms with van der Waals surface area (Å²) in [6.07, 6.45) is 6.74. The maximum atomic E-state index is 12.5. The molecule has 28 heavy (non-hydrogen) atoms. The van der Waals surface area contributed by atoms with Crippen molar-refractivity contribution in [3.05, 3.63) is 65.9 Å². The zero-order valence-corrected chi connectivity index (χ0v) is 15.7. The van der Waals surface area contributed by atoms with Gasteiger partial charge in [-0.1, -0.05) is 48.3 Å². The normalized spacial score (nSPS) is 15.8. The Morgan fingerprint density at radius 2 is 1.82 bits per heavy atom. The number of rotatable bonds is 6. The molecule has 1 atom stereocenters. The lowest BCUT2D eigenvalue weighted by molar-refractivity contribution is 0.0902. The van der Waals surface area contributed by atoms with E-state index in [1.807, 2.05) is 30.3 Å². The van der Waals surface area contributed by atoms with E-state index >= 15 is 0 Å². The van der Waals surface area contributed by atoms with Crippen molar-refractivity contribution in [3.8, 4) is 0 Å². The molecule has 0 radical (unpaired) electrons. The van der Waals surface area contributed by atoms with Crippen LogP contribution in [0.15, 0.2) is 57.6 Å². The molecule has 1 saturated heterocycles. The van der Waals surface area contributed by atoms with E-state index in [1.165, 1.54) is 19.1 Å². The minimum atomic E-state index is -0.437. The first kappa shape index (κ1) is 18.3. The summed E-state index contributed by atoms with van der Waals surface area (Å²) < 4.78 is 11.2. The number of carbonyl (C=O) groups excluding carboxylic acids is 1. The van der Waals surface area contributed by atoms with Crippen LogP contribution in [-0.4, -0.2) is 29.2 Å². The zero-order chi connectivity index (χ0) is 19.2. The van der Waals surface area contributed by atoms with E-state index in [2.05, 4.69) is 20.4 Å². The number of nitrogens with zero attached hydrogens (tertiary/aromatic N) is 3. The van der Waals surface area contributed by atoms with Gasteiger partial charge in [0.2, 0.25) is 5.89 Å². The average molecular weight is 380 g/mol. The van der Waals surface area contributed by atoms with E-state index in [-0.39, 0.29) is 11.7 Å². The Morgan fingerprint density at radius 3 is 2.54 bits per heavy atom. The number of nitrogens with one attached hydrogen (secondary N) is 1. The van der Waals surface area contributed by atoms with E-state index < -0.39 is 6.04 Å². The minimum Gasteiger partial charge on any atom is -0.459 e. The smallest absolute Gasteiger partial charge is 0.318 e. The molecule has 0 bridgehead atoms. The molecule has 3 heterocycles. The number of hydrogen-bond donors (Lipinski definition) is 1. The Labute approximate surface area is 163 Å². The molecule has 0 spiro atoms. The van der Waals surface area contributed by atoms with Gasteiger partial charge in [0.15, 0.2) is 5.76 Å². The Kier molecular flexibility index (Phi) is 5.70. The van der Waals surface area contributed by atoms with Crippen LogP contribution in [0.4, 0.5) is 6.01 Å². The van der Waals surface area contributed by atoms with Gasteiger partial charge in [-0.15, -0.1) is 5.10 Å². The highest BCUT2D eigenvalue weighted by Gasteiger charge is 2.25. The van der Waals surface area contributed by atoms with Gasteiger partial charge < -0.3 is 19.1 Å². The molecule has 146 valence electrons. The fourth-order valence-corrected chi connectivity index (χ4v) is 3.44. The molecule has 1 aliphatic rings. The van der Waals surface area contributed by atoms with Crippen LogP contribution < -0.4 is 10.2 Å². The van der Waals surface area contributed by atoms with Gasteiger partial charge in [-0.3, -0.25) is 4.79 Å². The monoisotopic (exact) mass is 380 g/mol. The minimum absolute atomic E-state index is 0.255. The first-order valence-corrected chi connectivity index (χ1v) is 9.76. The average Bonchev–Trinajstić information content (AvgIpc) is 3.36. The van der Waals surface area contributed by atoms with Crippen molar-refractivity contribution in [2.45, 2.75) is 38.1 Å². The molecule has 1 N–H and O–H groups in total. The molecule has 7 heteroatoms. The van der Waals surface area contributed by atoms with Gasteiger partial charge in [-0.05, 0) is 30.5 Å². The summed E-state index contributed by atoms with van der Waals surface area (Å²) in [6, 6.07) is 13.3. The van der Waals surface area contributed by atoms with Crippen LogP contribution >= 0.6 is 0 Å². The van der Waals surface area contributed by atoms with E-state index in [1.54, 1.807) is 12.1 Å². The second-order valence-electron chi connectivity index (χ2n) is 7.02. The fraction of sp³-hybridized carbons (Fsp3) is 0.381. The molecule has 1 unspecified atom stereocenters. The summed E-state index contributed by atoms with van der Waals surface area (Å²) in [7, 11) is 0. The summed E-state index contributed by atoms with van der Waals surface area (Å²) in [5.41, 5.74) is 1.07. The standard InChI is InChI=1S/C21H24N4O3/c26-19(18-11-8-14-27-18)22-17(15-16-9-4-3-5-10-16)20-23-24-21(28-20)25-12-6-1-2-7-13-25/h3-5,8-11,14,17H,1-2,6-7,12-13,15H2,(H,22,26). The second-order valence-corrected chi connectivity index (χ2v) is 7.02. The van der Waals surface area contributed by atoms with Crippen molar-refractivity contribution in [1.82, 2.24) is 15.5 Å². The van der Waals surface area contributed by atoms with Crippen LogP contribution in [0.2, 0.25) is 0 Å². The van der Waals surface area contributed by atoms with Gasteiger partial charge in [0.05, 0.1) is 6.26 Å². The highest BCUT2D eigenvalue weighted by Crippen LogP contribution is 2.23. The predicted molar refractivity (Wildman–Crippen MR) is 104 cm³/mol. The van der Waals surface area contributed by atoms with Gasteiger partial charge in [0, 0.05) is 19.5 Å². The van der Waals surface area contributed by atoms with Crippen molar-refractivity contribution in [1.29, 1.82) is 0 Å². The van der Waals surface area contributed by atoms with Gasteiger partial charge in [0.25, 0.3) is 5.91 Å². The second kappa shape index (κ2) is 8.73. The number of aromatic nitrogens is 2. The summed E-state index contributed by atoms with van der Waals surface area (Å²) in [4.78, 5) is 14.7. The van der Waals surface area contributed by atoms with Crippen molar-refractivity contribution < 1.29 is 13.6 Å². The van der Waals surface area contributed by atoms with E-state index in [0.717, 1.165) is 31.5 Å². The molecular weight excluding hydrogens is 356 g/mol. The maximum absolute atomic E-state index is 12.5. The Morgan fingerprint density at radius 1 is 1.04 bits per heavy atom. The highest BCUT2D eigenvalue weighted by molar-refractivity contribution is 5.91. The van der Waals surface area contributed by atoms with Crippen LogP contribution in [0.3, 0.4) is 0 Å². The third-order valence-corrected chi connectivity index (χ3v) is 4.94. The van der Waals surface area contributed by atoms with Crippen molar-refractivity contribution in [2.75, 3.05) is 18.0 Å². The van der Waals surface area contributed by atoms with Crippen LogP contribution in [-0.2, 0) is 6.42 Å². The van der Waals surface area contributed by atoms with Crippen LogP contribution in [0.1, 0.15) is 53.7 Å². The third-order valence-electron chi connectivity index (χ3n) is 4.94. The number of amides is 1. The van der Waals surface area contributed by atoms with E-state index in [0.29, 0.717) is 18.3 Å². The van der Waals surface area contributed by atoms with Gasteiger partial charge in [0.1, 0.15) is 6.04 Å². The summed E-state index contributed by atoms with van der Waals surface area (Å²) in [6.45, 7) is 1.84. The van der Waals surface area contributed by atoms with E-state index in [4.69, 9.17) is 8.83 Å². The Hall–Kier alpha value is -3.09.